The van der Waals surface area contributed by atoms with E-state index < -0.39 is 5.41 Å². The number of amides is 3. The van der Waals surface area contributed by atoms with Gasteiger partial charge in [-0.15, -0.1) is 10.2 Å². The summed E-state index contributed by atoms with van der Waals surface area (Å²) in [5, 5.41) is 29.2. The van der Waals surface area contributed by atoms with Crippen molar-refractivity contribution in [2.45, 2.75) is 101 Å². The van der Waals surface area contributed by atoms with Crippen LogP contribution in [0.25, 0.3) is 0 Å². The first kappa shape index (κ1) is 33.5. The van der Waals surface area contributed by atoms with Crippen LogP contribution in [0.5, 0.6) is 0 Å². The largest absolute Gasteiger partial charge is 0.339 e. The Balaban J connectivity index is 1.17. The molecule has 4 fully saturated rings. The van der Waals surface area contributed by atoms with Gasteiger partial charge in [0, 0.05) is 49.4 Å². The molecule has 0 bridgehead atoms. The van der Waals surface area contributed by atoms with E-state index in [9.17, 15) is 19.6 Å². The molecule has 0 spiro atoms. The summed E-state index contributed by atoms with van der Waals surface area (Å²) in [6.07, 6.45) is 9.99. The Morgan fingerprint density at radius 1 is 0.902 bits per heavy atom. The number of hydrogen-bond donors (Lipinski definition) is 2. The van der Waals surface area contributed by atoms with Gasteiger partial charge in [0.2, 0.25) is 5.91 Å². The molecule has 4 heterocycles. The minimum Gasteiger partial charge on any atom is -0.339 e. The minimum absolute atomic E-state index is 0.0459. The molecule has 2 aromatic carbocycles. The first-order chi connectivity index (χ1) is 24.9. The molecule has 0 unspecified atom stereocenters. The van der Waals surface area contributed by atoms with Crippen molar-refractivity contribution in [3.8, 4) is 6.07 Å². The molecule has 3 amide bonds. The zero-order chi connectivity index (χ0) is 35.1. The third-order valence-corrected chi connectivity index (χ3v) is 12.1. The van der Waals surface area contributed by atoms with E-state index in [0.717, 1.165) is 99.8 Å². The van der Waals surface area contributed by atoms with Gasteiger partial charge in [0.15, 0.2) is 5.82 Å². The molecule has 1 saturated carbocycles. The lowest BCUT2D eigenvalue weighted by atomic mass is 9.67. The monoisotopic (exact) mass is 689 g/mol. The molecule has 2 N–H and O–H groups in total. The van der Waals surface area contributed by atoms with Crippen molar-refractivity contribution in [3.05, 3.63) is 75.6 Å². The third kappa shape index (κ3) is 6.19. The van der Waals surface area contributed by atoms with Crippen molar-refractivity contribution >= 4 is 17.7 Å². The maximum absolute atomic E-state index is 13.7. The second kappa shape index (κ2) is 13.8. The van der Waals surface area contributed by atoms with Crippen molar-refractivity contribution in [3.63, 3.8) is 0 Å². The Morgan fingerprint density at radius 2 is 1.49 bits per heavy atom. The van der Waals surface area contributed by atoms with Gasteiger partial charge in [-0.05, 0) is 130 Å². The number of hydrogen-bond acceptors (Lipinski definition) is 8. The summed E-state index contributed by atoms with van der Waals surface area (Å²) in [5.74, 6) is 1.03. The number of nitrogens with zero attached hydrogens (tertiary/aromatic N) is 7. The van der Waals surface area contributed by atoms with Gasteiger partial charge in [-0.1, -0.05) is 17.3 Å². The van der Waals surface area contributed by atoms with Gasteiger partial charge in [-0.3, -0.25) is 14.4 Å². The normalized spacial score (nSPS) is 24.1. The molecular weight excluding hydrogens is 642 g/mol. The number of piperidine rings is 3. The van der Waals surface area contributed by atoms with Crippen LogP contribution in [-0.4, -0.2) is 104 Å². The standard InChI is InChI=1S/C39H47N9O3/c1-25(41-24-35(49)48-31(23-40)20-30-21-34(30)48)22-39(38-42-44-45-43-38)32-12-10-28(36(50)46-14-4-2-5-15-46)18-26(32)8-9-27-19-29(11-13-33(27)39)37(51)47-16-6-3-7-17-47/h10-13,18-19,25,30-31,34,41H,2-9,14-17,20-22,24H2,1H3,(H,42,43,44,45)/t25-,30-,31+,34+/m1/s1. The SMILES string of the molecule is C[C@H](CC1(c2nn[nH]n2)c2ccc(C(=O)N3CCCCC3)cc2CCc2cc(C(=O)N3CCCCC3)ccc21)NCC(=O)N1[C@H](C#N)C[C@@H]2C[C@@H]21. The molecular formula is C39H47N9O3. The van der Waals surface area contributed by atoms with E-state index >= 15 is 0 Å². The van der Waals surface area contributed by atoms with E-state index in [1.165, 1.54) is 0 Å². The number of fused-ring (bicyclic) bond motifs is 3. The number of nitriles is 1. The van der Waals surface area contributed by atoms with Crippen molar-refractivity contribution < 1.29 is 14.4 Å². The number of tetrazole rings is 1. The lowest BCUT2D eigenvalue weighted by molar-refractivity contribution is -0.131. The zero-order valence-corrected chi connectivity index (χ0v) is 29.4. The predicted molar refractivity (Wildman–Crippen MR) is 189 cm³/mol. The van der Waals surface area contributed by atoms with Crippen LogP contribution in [0.3, 0.4) is 0 Å². The number of nitrogens with one attached hydrogen (secondary N) is 2. The van der Waals surface area contributed by atoms with Gasteiger partial charge < -0.3 is 20.0 Å². The molecule has 51 heavy (non-hydrogen) atoms. The number of carbonyl (C=O) groups is 3. The quantitative estimate of drug-likeness (QED) is 0.363. The van der Waals surface area contributed by atoms with Crippen LogP contribution in [0.2, 0.25) is 0 Å². The molecule has 5 aliphatic rings. The molecule has 12 nitrogen and oxygen atoms in total. The van der Waals surface area contributed by atoms with Crippen LogP contribution in [0.15, 0.2) is 36.4 Å². The van der Waals surface area contributed by atoms with Gasteiger partial charge in [0.1, 0.15) is 6.04 Å². The highest BCUT2D eigenvalue weighted by Crippen LogP contribution is 2.48. The fraction of sp³-hybridized carbons (Fsp3) is 0.564. The summed E-state index contributed by atoms with van der Waals surface area (Å²) in [4.78, 5) is 46.7. The third-order valence-electron chi connectivity index (χ3n) is 12.1. The number of aryl methyl sites for hydroxylation is 2. The number of aromatic amines is 1. The Bertz CT molecular complexity index is 1760. The average Bonchev–Trinajstić information content (AvgIpc) is 3.55. The van der Waals surface area contributed by atoms with Crippen LogP contribution in [0, 0.1) is 17.2 Å². The summed E-state index contributed by atoms with van der Waals surface area (Å²) in [6, 6.07) is 14.1. The lowest BCUT2D eigenvalue weighted by Gasteiger charge is -2.37. The van der Waals surface area contributed by atoms with Crippen LogP contribution in [0.1, 0.15) is 114 Å². The summed E-state index contributed by atoms with van der Waals surface area (Å²) < 4.78 is 0. The number of benzene rings is 2. The van der Waals surface area contributed by atoms with E-state index in [2.05, 4.69) is 63.2 Å². The zero-order valence-electron chi connectivity index (χ0n) is 29.4. The smallest absolute Gasteiger partial charge is 0.253 e. The molecule has 2 aliphatic carbocycles. The molecule has 1 aromatic heterocycles. The van der Waals surface area contributed by atoms with Crippen LogP contribution >= 0.6 is 0 Å². The number of carbonyl (C=O) groups excluding carboxylic acids is 3. The summed E-state index contributed by atoms with van der Waals surface area (Å²) in [5.41, 5.74) is 4.54. The molecule has 0 radical (unpaired) electrons. The second-order valence-electron chi connectivity index (χ2n) is 15.3. The van der Waals surface area contributed by atoms with E-state index in [4.69, 9.17) is 0 Å². The highest BCUT2D eigenvalue weighted by atomic mass is 16.2. The Hall–Kier alpha value is -4.63. The first-order valence-corrected chi connectivity index (χ1v) is 18.9. The van der Waals surface area contributed by atoms with Crippen molar-refractivity contribution in [2.24, 2.45) is 5.92 Å². The Kier molecular flexibility index (Phi) is 9.09. The molecule has 4 atom stereocenters. The van der Waals surface area contributed by atoms with Gasteiger partial charge in [0.25, 0.3) is 11.8 Å². The van der Waals surface area contributed by atoms with Gasteiger partial charge in [0.05, 0.1) is 18.0 Å². The maximum Gasteiger partial charge on any atom is 0.253 e. The second-order valence-corrected chi connectivity index (χ2v) is 15.3. The fourth-order valence-corrected chi connectivity index (χ4v) is 9.38. The van der Waals surface area contributed by atoms with Crippen LogP contribution in [0.4, 0.5) is 0 Å². The van der Waals surface area contributed by atoms with Crippen LogP contribution < -0.4 is 5.32 Å². The number of likely N-dealkylation sites (tertiary alicyclic amines) is 3. The Morgan fingerprint density at radius 3 is 2.02 bits per heavy atom. The van der Waals surface area contributed by atoms with Crippen LogP contribution in [-0.2, 0) is 23.1 Å². The molecule has 3 aromatic rings. The highest BCUT2D eigenvalue weighted by molar-refractivity contribution is 5.95. The average molecular weight is 690 g/mol. The number of H-pyrrole nitrogens is 1. The topological polar surface area (TPSA) is 151 Å². The maximum atomic E-state index is 13.7. The van der Waals surface area contributed by atoms with Gasteiger partial charge in [-0.25, -0.2) is 0 Å². The van der Waals surface area contributed by atoms with Gasteiger partial charge in [-0.2, -0.15) is 10.5 Å². The van der Waals surface area contributed by atoms with E-state index in [1.807, 2.05) is 21.9 Å². The highest BCUT2D eigenvalue weighted by Gasteiger charge is 2.54. The van der Waals surface area contributed by atoms with Gasteiger partial charge >= 0.3 is 0 Å². The summed E-state index contributed by atoms with van der Waals surface area (Å²) >= 11 is 0. The van der Waals surface area contributed by atoms with E-state index in [1.54, 1.807) is 4.90 Å². The molecule has 3 saturated heterocycles. The van der Waals surface area contributed by atoms with Crippen molar-refractivity contribution in [2.75, 3.05) is 32.7 Å². The first-order valence-electron chi connectivity index (χ1n) is 18.9. The summed E-state index contributed by atoms with van der Waals surface area (Å²) in [7, 11) is 0. The van der Waals surface area contributed by atoms with E-state index in [0.29, 0.717) is 42.1 Å². The number of aromatic nitrogens is 4. The number of rotatable bonds is 8. The lowest BCUT2D eigenvalue weighted by Crippen LogP contribution is -2.46. The summed E-state index contributed by atoms with van der Waals surface area (Å²) in [6.45, 7) is 5.29. The predicted octanol–water partition coefficient (Wildman–Crippen LogP) is 3.77. The minimum atomic E-state index is -0.895. The fourth-order valence-electron chi connectivity index (χ4n) is 9.38. The van der Waals surface area contributed by atoms with Crippen molar-refractivity contribution in [1.82, 2.24) is 40.6 Å². The van der Waals surface area contributed by atoms with E-state index in [-0.39, 0.29) is 42.4 Å². The molecule has 3 aliphatic heterocycles. The van der Waals surface area contributed by atoms with Crippen molar-refractivity contribution in [1.29, 1.82) is 5.26 Å². The Labute approximate surface area is 298 Å². The molecule has 266 valence electrons. The molecule has 12 heteroatoms. The molecule has 8 rings (SSSR count).